The predicted molar refractivity (Wildman–Crippen MR) is 126 cm³/mol. The molecule has 1 atom stereocenters. The van der Waals surface area contributed by atoms with Gasteiger partial charge >= 0.3 is 6.61 Å². The van der Waals surface area contributed by atoms with Crippen LogP contribution in [0.2, 0.25) is 0 Å². The van der Waals surface area contributed by atoms with Crippen LogP contribution in [-0.2, 0) is 5.60 Å². The molecule has 1 unspecified atom stereocenters. The molecule has 7 nitrogen and oxygen atoms in total. The number of carbonyl (C=O) groups is 1. The fourth-order valence-electron chi connectivity index (χ4n) is 4.82. The maximum atomic E-state index is 13.3. The van der Waals surface area contributed by atoms with E-state index in [2.05, 4.69) is 4.98 Å². The molecule has 1 saturated heterocycles. The van der Waals surface area contributed by atoms with E-state index in [9.17, 15) is 27.5 Å². The lowest BCUT2D eigenvalue weighted by atomic mass is 9.94. The van der Waals surface area contributed by atoms with Crippen LogP contribution in [-0.4, -0.2) is 64.5 Å². The van der Waals surface area contributed by atoms with Crippen molar-refractivity contribution in [3.8, 4) is 22.8 Å². The molecular formula is C26H27F4N3O4. The number of ether oxygens (including phenoxy) is 2. The third-order valence-electron chi connectivity index (χ3n) is 6.82. The highest BCUT2D eigenvalue weighted by molar-refractivity contribution is 6.02. The summed E-state index contributed by atoms with van der Waals surface area (Å²) in [6, 6.07) is 6.24. The molecule has 1 aromatic carbocycles. The molecule has 1 aliphatic heterocycles. The molecule has 0 radical (unpaired) electrons. The maximum Gasteiger partial charge on any atom is 0.387 e. The molecule has 2 fully saturated rings. The van der Waals surface area contributed by atoms with Gasteiger partial charge in [0.25, 0.3) is 5.92 Å². The number of methoxy groups -OCH3 is 1. The van der Waals surface area contributed by atoms with E-state index in [0.29, 0.717) is 22.5 Å². The van der Waals surface area contributed by atoms with Crippen LogP contribution in [0, 0.1) is 5.92 Å². The Morgan fingerprint density at radius 3 is 2.57 bits per heavy atom. The molecule has 5 rings (SSSR count). The van der Waals surface area contributed by atoms with Crippen molar-refractivity contribution in [1.82, 2.24) is 14.3 Å². The largest absolute Gasteiger partial charge is 0.496 e. The van der Waals surface area contributed by atoms with Crippen LogP contribution in [0.3, 0.4) is 0 Å². The van der Waals surface area contributed by atoms with Crippen molar-refractivity contribution in [1.29, 1.82) is 0 Å². The standard InChI is InChI=1S/C26H27F4N3O4/c1-25(35,12-32-13-26(29,30)14-32)17-5-6-33-18(11-31-22(33)10-17)16-8-20(36-2)23(19(34)7-15-3-4-15)21(9-16)37-24(27)28/h5-6,8-11,15,24,35H,3-4,7,12-14H2,1-2H3. The third kappa shape index (κ3) is 5.28. The number of halogens is 4. The first-order valence-electron chi connectivity index (χ1n) is 12.0. The van der Waals surface area contributed by atoms with Gasteiger partial charge in [0.15, 0.2) is 5.78 Å². The number of pyridine rings is 1. The van der Waals surface area contributed by atoms with Crippen molar-refractivity contribution < 1.29 is 36.9 Å². The number of likely N-dealkylation sites (tertiary alicyclic amines) is 1. The SMILES string of the molecule is COc1cc(-c2cnc3cc(C(C)(O)CN4CC(F)(F)C4)ccn23)cc(OC(F)F)c1C(=O)CC1CC1. The van der Waals surface area contributed by atoms with Crippen molar-refractivity contribution in [3.05, 3.63) is 47.8 Å². The summed E-state index contributed by atoms with van der Waals surface area (Å²) in [6.07, 6.45) is 5.27. The van der Waals surface area contributed by atoms with Gasteiger partial charge in [0.05, 0.1) is 37.7 Å². The van der Waals surface area contributed by atoms with Crippen LogP contribution in [0.1, 0.15) is 42.1 Å². The molecular weight excluding hydrogens is 494 g/mol. The summed E-state index contributed by atoms with van der Waals surface area (Å²) in [6.45, 7) is -2.35. The summed E-state index contributed by atoms with van der Waals surface area (Å²) in [5.74, 6) is -2.94. The topological polar surface area (TPSA) is 76.3 Å². The number of Topliss-reactive ketones (excluding diaryl/α,β-unsaturated/α-hetero) is 1. The smallest absolute Gasteiger partial charge is 0.387 e. The zero-order valence-electron chi connectivity index (χ0n) is 20.4. The normalized spacial score (nSPS) is 19.0. The van der Waals surface area contributed by atoms with E-state index in [0.717, 1.165) is 12.8 Å². The van der Waals surface area contributed by atoms with Gasteiger partial charge in [-0.05, 0) is 55.5 Å². The zero-order valence-corrected chi connectivity index (χ0v) is 20.4. The number of hydrogen-bond donors (Lipinski definition) is 1. The highest BCUT2D eigenvalue weighted by Gasteiger charge is 2.46. The Hall–Kier alpha value is -3.18. The van der Waals surface area contributed by atoms with Gasteiger partial charge in [-0.15, -0.1) is 0 Å². The van der Waals surface area contributed by atoms with Gasteiger partial charge in [-0.1, -0.05) is 0 Å². The molecule has 3 aromatic rings. The number of benzene rings is 1. The van der Waals surface area contributed by atoms with Gasteiger partial charge in [0.2, 0.25) is 0 Å². The number of alkyl halides is 4. The molecule has 11 heteroatoms. The Labute approximate surface area is 210 Å². The van der Waals surface area contributed by atoms with E-state index < -0.39 is 31.2 Å². The fourth-order valence-corrected chi connectivity index (χ4v) is 4.82. The third-order valence-corrected chi connectivity index (χ3v) is 6.82. The summed E-state index contributed by atoms with van der Waals surface area (Å²) in [4.78, 5) is 18.7. The minimum atomic E-state index is -3.13. The Bertz CT molecular complexity index is 1330. The Kier molecular flexibility index (Phi) is 6.39. The number of aliphatic hydroxyl groups is 1. The number of hydrogen-bond acceptors (Lipinski definition) is 6. The summed E-state index contributed by atoms with van der Waals surface area (Å²) in [5.41, 5.74) is 0.489. The van der Waals surface area contributed by atoms with E-state index in [4.69, 9.17) is 9.47 Å². The minimum absolute atomic E-state index is 0.0119. The summed E-state index contributed by atoms with van der Waals surface area (Å²) < 4.78 is 64.8. The van der Waals surface area contributed by atoms with E-state index in [1.54, 1.807) is 35.7 Å². The lowest BCUT2D eigenvalue weighted by molar-refractivity contribution is -0.150. The maximum absolute atomic E-state index is 13.3. The molecule has 1 saturated carbocycles. The van der Waals surface area contributed by atoms with Crippen molar-refractivity contribution in [3.63, 3.8) is 0 Å². The highest BCUT2D eigenvalue weighted by Crippen LogP contribution is 2.40. The van der Waals surface area contributed by atoms with Crippen LogP contribution in [0.4, 0.5) is 17.6 Å². The Balaban J connectivity index is 1.48. The van der Waals surface area contributed by atoms with Crippen molar-refractivity contribution in [2.45, 2.75) is 44.3 Å². The van der Waals surface area contributed by atoms with Crippen LogP contribution in [0.25, 0.3) is 16.9 Å². The second-order valence-electron chi connectivity index (χ2n) is 10.1. The van der Waals surface area contributed by atoms with E-state index in [1.807, 2.05) is 0 Å². The Morgan fingerprint density at radius 1 is 1.24 bits per heavy atom. The van der Waals surface area contributed by atoms with Crippen LogP contribution in [0.5, 0.6) is 11.5 Å². The summed E-state index contributed by atoms with van der Waals surface area (Å²) in [5, 5.41) is 11.0. The average Bonchev–Trinajstić information content (AvgIpc) is 3.51. The second-order valence-corrected chi connectivity index (χ2v) is 10.1. The molecule has 2 aromatic heterocycles. The molecule has 0 bridgehead atoms. The lowest BCUT2D eigenvalue weighted by Gasteiger charge is -2.42. The van der Waals surface area contributed by atoms with Gasteiger partial charge in [-0.3, -0.25) is 14.1 Å². The first-order valence-corrected chi connectivity index (χ1v) is 12.0. The monoisotopic (exact) mass is 521 g/mol. The zero-order chi connectivity index (χ0) is 26.5. The summed E-state index contributed by atoms with van der Waals surface area (Å²) >= 11 is 0. The molecule has 2 aliphatic rings. The number of fused-ring (bicyclic) bond motifs is 1. The van der Waals surface area contributed by atoms with Crippen LogP contribution < -0.4 is 9.47 Å². The van der Waals surface area contributed by atoms with Crippen molar-refractivity contribution in [2.24, 2.45) is 5.92 Å². The van der Waals surface area contributed by atoms with Crippen molar-refractivity contribution >= 4 is 11.4 Å². The molecule has 198 valence electrons. The molecule has 1 N–H and O–H groups in total. The fraction of sp³-hybridized carbons (Fsp3) is 0.462. The number of imidazole rings is 1. The first-order chi connectivity index (χ1) is 17.5. The van der Waals surface area contributed by atoms with E-state index >= 15 is 0 Å². The summed E-state index contributed by atoms with van der Waals surface area (Å²) in [7, 11) is 1.36. The quantitative estimate of drug-likeness (QED) is 0.307. The number of nitrogens with zero attached hydrogens (tertiary/aromatic N) is 3. The number of aromatic nitrogens is 2. The highest BCUT2D eigenvalue weighted by atomic mass is 19.3. The number of β-amino-alcohol motifs (C(OH)–C–C–N with tert-alkyl or cyclic N) is 1. The van der Waals surface area contributed by atoms with Crippen LogP contribution in [0.15, 0.2) is 36.7 Å². The number of carbonyl (C=O) groups excluding carboxylic acids is 1. The average molecular weight is 522 g/mol. The van der Waals surface area contributed by atoms with Gasteiger partial charge in [0, 0.05) is 24.7 Å². The van der Waals surface area contributed by atoms with E-state index in [-0.39, 0.29) is 41.7 Å². The minimum Gasteiger partial charge on any atom is -0.496 e. The molecule has 1 aliphatic carbocycles. The van der Waals surface area contributed by atoms with Gasteiger partial charge in [-0.25, -0.2) is 13.8 Å². The molecule has 3 heterocycles. The lowest BCUT2D eigenvalue weighted by Crippen LogP contribution is -2.59. The van der Waals surface area contributed by atoms with Gasteiger partial charge < -0.3 is 14.6 Å². The number of ketones is 1. The Morgan fingerprint density at radius 2 is 1.95 bits per heavy atom. The van der Waals surface area contributed by atoms with Gasteiger partial charge in [-0.2, -0.15) is 8.78 Å². The van der Waals surface area contributed by atoms with Gasteiger partial charge in [0.1, 0.15) is 22.7 Å². The molecule has 37 heavy (non-hydrogen) atoms. The first kappa shape index (κ1) is 25.5. The van der Waals surface area contributed by atoms with Crippen LogP contribution >= 0.6 is 0 Å². The predicted octanol–water partition coefficient (Wildman–Crippen LogP) is 4.75. The molecule has 0 spiro atoms. The number of rotatable bonds is 10. The second kappa shape index (κ2) is 9.29. The van der Waals surface area contributed by atoms with Crippen molar-refractivity contribution in [2.75, 3.05) is 26.7 Å². The van der Waals surface area contributed by atoms with E-state index in [1.165, 1.54) is 24.3 Å². The molecule has 0 amide bonds.